The van der Waals surface area contributed by atoms with E-state index < -0.39 is 0 Å². The summed E-state index contributed by atoms with van der Waals surface area (Å²) in [6.07, 6.45) is 13.0. The molecule has 3 aliphatic carbocycles. The van der Waals surface area contributed by atoms with Crippen molar-refractivity contribution in [1.82, 2.24) is 5.32 Å². The highest BCUT2D eigenvalue weighted by molar-refractivity contribution is 5.34. The van der Waals surface area contributed by atoms with E-state index in [4.69, 9.17) is 0 Å². The van der Waals surface area contributed by atoms with Crippen molar-refractivity contribution in [3.8, 4) is 0 Å². The molecule has 0 saturated carbocycles. The Morgan fingerprint density at radius 2 is 2.08 bits per heavy atom. The second-order valence-corrected chi connectivity index (χ2v) is 3.84. The van der Waals surface area contributed by atoms with Crippen molar-refractivity contribution in [3.05, 3.63) is 36.0 Å². The zero-order valence-corrected chi connectivity index (χ0v) is 7.03. The summed E-state index contributed by atoms with van der Waals surface area (Å²) in [6, 6.07) is 0.578. The van der Waals surface area contributed by atoms with Gasteiger partial charge in [-0.3, -0.25) is 0 Å². The molecule has 0 spiro atoms. The van der Waals surface area contributed by atoms with Gasteiger partial charge in [-0.05, 0) is 13.0 Å². The molecule has 4 bridgehead atoms. The molecule has 1 aliphatic heterocycles. The first kappa shape index (κ1) is 6.67. The van der Waals surface area contributed by atoms with Crippen molar-refractivity contribution in [1.29, 1.82) is 0 Å². The van der Waals surface area contributed by atoms with Gasteiger partial charge in [-0.15, -0.1) is 0 Å². The molecule has 0 aromatic carbocycles. The van der Waals surface area contributed by atoms with Gasteiger partial charge in [0.25, 0.3) is 0 Å². The summed E-state index contributed by atoms with van der Waals surface area (Å²) in [6.45, 7) is 1.15. The van der Waals surface area contributed by atoms with E-state index >= 15 is 0 Å². The zero-order chi connectivity index (χ0) is 7.97. The van der Waals surface area contributed by atoms with Crippen molar-refractivity contribution >= 4 is 0 Å². The third-order valence-electron chi connectivity index (χ3n) is 3.10. The molecular weight excluding hydrogens is 146 g/mol. The summed E-state index contributed by atoms with van der Waals surface area (Å²) in [4.78, 5) is 0. The van der Waals surface area contributed by atoms with Crippen LogP contribution in [0.25, 0.3) is 0 Å². The minimum Gasteiger partial charge on any atom is -0.309 e. The molecule has 1 saturated heterocycles. The molecule has 0 aromatic heterocycles. The van der Waals surface area contributed by atoms with Crippen LogP contribution < -0.4 is 5.32 Å². The maximum atomic E-state index is 3.54. The van der Waals surface area contributed by atoms with Gasteiger partial charge in [-0.2, -0.15) is 0 Å². The Labute approximate surface area is 72.9 Å². The maximum Gasteiger partial charge on any atom is 0.0351 e. The molecule has 12 heavy (non-hydrogen) atoms. The van der Waals surface area contributed by atoms with Crippen LogP contribution in [0.1, 0.15) is 6.42 Å². The third-order valence-corrected chi connectivity index (χ3v) is 3.10. The van der Waals surface area contributed by atoms with Gasteiger partial charge >= 0.3 is 0 Å². The Balaban J connectivity index is 2.09. The number of hydrogen-bond acceptors (Lipinski definition) is 1. The average molecular weight is 159 g/mol. The monoisotopic (exact) mass is 159 g/mol. The van der Waals surface area contributed by atoms with Gasteiger partial charge in [0, 0.05) is 17.9 Å². The van der Waals surface area contributed by atoms with Crippen molar-refractivity contribution in [2.75, 3.05) is 6.54 Å². The molecule has 1 heterocycles. The Morgan fingerprint density at radius 3 is 3.08 bits per heavy atom. The van der Waals surface area contributed by atoms with Gasteiger partial charge in [0.05, 0.1) is 0 Å². The van der Waals surface area contributed by atoms with Crippen LogP contribution in [-0.4, -0.2) is 12.6 Å². The molecule has 1 N–H and O–H groups in total. The van der Waals surface area contributed by atoms with Crippen LogP contribution in [0, 0.1) is 11.8 Å². The highest BCUT2D eigenvalue weighted by Gasteiger charge is 2.29. The van der Waals surface area contributed by atoms with E-state index in [0.29, 0.717) is 17.9 Å². The van der Waals surface area contributed by atoms with Crippen LogP contribution in [0.4, 0.5) is 0 Å². The molecule has 0 radical (unpaired) electrons. The largest absolute Gasteiger partial charge is 0.309 e. The average Bonchev–Trinajstić information content (AvgIpc) is 2.36. The van der Waals surface area contributed by atoms with Crippen LogP contribution in [-0.2, 0) is 0 Å². The molecule has 3 atom stereocenters. The molecule has 62 valence electrons. The number of rotatable bonds is 0. The summed E-state index contributed by atoms with van der Waals surface area (Å²) >= 11 is 0. The predicted octanol–water partition coefficient (Wildman–Crippen LogP) is 1.65. The number of hydrogen-bond donors (Lipinski definition) is 1. The van der Waals surface area contributed by atoms with E-state index in [1.54, 1.807) is 5.57 Å². The minimum absolute atomic E-state index is 0.578. The highest BCUT2D eigenvalue weighted by atomic mass is 14.9. The highest BCUT2D eigenvalue weighted by Crippen LogP contribution is 2.33. The van der Waals surface area contributed by atoms with Gasteiger partial charge in [0.2, 0.25) is 0 Å². The molecule has 1 heteroatoms. The lowest BCUT2D eigenvalue weighted by Gasteiger charge is -2.31. The van der Waals surface area contributed by atoms with E-state index in [1.165, 1.54) is 6.42 Å². The van der Waals surface area contributed by atoms with Gasteiger partial charge in [-0.25, -0.2) is 0 Å². The molecule has 1 fully saturated rings. The van der Waals surface area contributed by atoms with E-state index in [9.17, 15) is 0 Å². The van der Waals surface area contributed by atoms with Crippen LogP contribution >= 0.6 is 0 Å². The summed E-state index contributed by atoms with van der Waals surface area (Å²) in [5, 5.41) is 3.54. The minimum atomic E-state index is 0.578. The Hall–Kier alpha value is -0.820. The van der Waals surface area contributed by atoms with Gasteiger partial charge < -0.3 is 5.32 Å². The quantitative estimate of drug-likeness (QED) is 0.530. The summed E-state index contributed by atoms with van der Waals surface area (Å²) in [7, 11) is 0. The lowest BCUT2D eigenvalue weighted by Crippen LogP contribution is -2.40. The van der Waals surface area contributed by atoms with Crippen LogP contribution in [0.5, 0.6) is 0 Å². The predicted molar refractivity (Wildman–Crippen MR) is 49.8 cm³/mol. The van der Waals surface area contributed by atoms with E-state index in [1.807, 2.05) is 0 Å². The first-order chi connectivity index (χ1) is 5.93. The fraction of sp³-hybridized carbons (Fsp3) is 0.455. The lowest BCUT2D eigenvalue weighted by atomic mass is 9.83. The van der Waals surface area contributed by atoms with Gasteiger partial charge in [0.1, 0.15) is 0 Å². The second kappa shape index (κ2) is 2.33. The normalized spacial score (nSPS) is 42.7. The third kappa shape index (κ3) is 0.831. The van der Waals surface area contributed by atoms with Crippen LogP contribution in [0.3, 0.4) is 0 Å². The Bertz CT molecular complexity index is 285. The standard InChI is InChI=1S/C11H13N/c1-3-10-9-5-6-12-11(10)4-2-8(1)7-9/h1-4,7-8,10-12H,5-6H2/t8-,10-,11+/m1/s1. The molecule has 4 aliphatic rings. The lowest BCUT2D eigenvalue weighted by molar-refractivity contribution is 0.456. The first-order valence-corrected chi connectivity index (χ1v) is 4.74. The zero-order valence-electron chi connectivity index (χ0n) is 7.03. The smallest absolute Gasteiger partial charge is 0.0351 e. The van der Waals surface area contributed by atoms with E-state index in [-0.39, 0.29) is 0 Å². The molecular formula is C11H13N. The first-order valence-electron chi connectivity index (χ1n) is 4.74. The topological polar surface area (TPSA) is 12.0 Å². The van der Waals surface area contributed by atoms with Crippen LogP contribution in [0.15, 0.2) is 36.0 Å². The van der Waals surface area contributed by atoms with Gasteiger partial charge in [-0.1, -0.05) is 36.0 Å². The van der Waals surface area contributed by atoms with Crippen molar-refractivity contribution in [2.45, 2.75) is 12.5 Å². The molecule has 1 nitrogen and oxygen atoms in total. The van der Waals surface area contributed by atoms with Crippen molar-refractivity contribution in [2.24, 2.45) is 11.8 Å². The fourth-order valence-corrected chi connectivity index (χ4v) is 2.45. The SMILES string of the molecule is C1=C[C@@H]2NCCC3=C[C@@H]1C=C[C@H]32. The van der Waals surface area contributed by atoms with Gasteiger partial charge in [0.15, 0.2) is 0 Å². The summed E-state index contributed by atoms with van der Waals surface area (Å²) < 4.78 is 0. The molecule has 4 rings (SSSR count). The molecule has 0 amide bonds. The summed E-state index contributed by atoms with van der Waals surface area (Å²) in [5.41, 5.74) is 1.65. The molecule has 0 aromatic rings. The molecule has 0 unspecified atom stereocenters. The van der Waals surface area contributed by atoms with Crippen molar-refractivity contribution < 1.29 is 0 Å². The van der Waals surface area contributed by atoms with Crippen LogP contribution in [0.2, 0.25) is 0 Å². The Kier molecular flexibility index (Phi) is 1.30. The maximum absolute atomic E-state index is 3.54. The Morgan fingerprint density at radius 1 is 1.17 bits per heavy atom. The van der Waals surface area contributed by atoms with E-state index in [2.05, 4.69) is 35.7 Å². The fourth-order valence-electron chi connectivity index (χ4n) is 2.45. The second-order valence-electron chi connectivity index (χ2n) is 3.84. The number of piperidine rings is 1. The van der Waals surface area contributed by atoms with Crippen molar-refractivity contribution in [3.63, 3.8) is 0 Å². The number of allylic oxidation sites excluding steroid dienone is 3. The van der Waals surface area contributed by atoms with E-state index in [0.717, 1.165) is 6.54 Å². The summed E-state index contributed by atoms with van der Waals surface area (Å²) in [5.74, 6) is 1.25. The number of nitrogens with one attached hydrogen (secondary N) is 1.